The van der Waals surface area contributed by atoms with Crippen LogP contribution in [0.25, 0.3) is 0 Å². The second-order valence-corrected chi connectivity index (χ2v) is 5.07. The molecule has 0 spiro atoms. The summed E-state index contributed by atoms with van der Waals surface area (Å²) in [6, 6.07) is 0.641. The molecule has 0 heterocycles. The molecule has 0 aliphatic heterocycles. The van der Waals surface area contributed by atoms with Gasteiger partial charge in [0.1, 0.15) is 0 Å². The standard InChI is InChI=1S/C11H23NO/c1-9(2)8-12-10-4-6-11(3,13)7-5-10/h9-10,12-13H,4-8H2,1-3H3. The van der Waals surface area contributed by atoms with E-state index >= 15 is 0 Å². The van der Waals surface area contributed by atoms with E-state index in [0.29, 0.717) is 6.04 Å². The molecule has 0 atom stereocenters. The first-order chi connectivity index (χ1) is 5.99. The summed E-state index contributed by atoms with van der Waals surface area (Å²) in [4.78, 5) is 0. The maximum absolute atomic E-state index is 9.74. The summed E-state index contributed by atoms with van der Waals surface area (Å²) in [6.45, 7) is 7.51. The molecule has 0 amide bonds. The maximum atomic E-state index is 9.74. The summed E-state index contributed by atoms with van der Waals surface area (Å²) >= 11 is 0. The lowest BCUT2D eigenvalue weighted by Crippen LogP contribution is -2.40. The topological polar surface area (TPSA) is 32.3 Å². The highest BCUT2D eigenvalue weighted by atomic mass is 16.3. The van der Waals surface area contributed by atoms with Crippen LogP contribution >= 0.6 is 0 Å². The van der Waals surface area contributed by atoms with Crippen LogP contribution in [-0.4, -0.2) is 23.3 Å². The molecular weight excluding hydrogens is 162 g/mol. The van der Waals surface area contributed by atoms with Crippen molar-refractivity contribution in [2.24, 2.45) is 5.92 Å². The molecule has 2 N–H and O–H groups in total. The average molecular weight is 185 g/mol. The van der Waals surface area contributed by atoms with Crippen LogP contribution < -0.4 is 5.32 Å². The van der Waals surface area contributed by atoms with Crippen molar-refractivity contribution in [3.63, 3.8) is 0 Å². The molecule has 0 bridgehead atoms. The van der Waals surface area contributed by atoms with Crippen LogP contribution in [0.2, 0.25) is 0 Å². The Hall–Kier alpha value is -0.0800. The molecule has 1 aliphatic rings. The highest BCUT2D eigenvalue weighted by molar-refractivity contribution is 4.84. The van der Waals surface area contributed by atoms with Gasteiger partial charge in [0, 0.05) is 6.04 Å². The fourth-order valence-corrected chi connectivity index (χ4v) is 1.85. The Labute approximate surface area is 81.7 Å². The van der Waals surface area contributed by atoms with Crippen LogP contribution in [0.15, 0.2) is 0 Å². The molecule has 0 radical (unpaired) electrons. The van der Waals surface area contributed by atoms with Gasteiger partial charge in [0.05, 0.1) is 5.60 Å². The molecule has 0 aromatic heterocycles. The quantitative estimate of drug-likeness (QED) is 0.704. The van der Waals surface area contributed by atoms with Crippen LogP contribution in [0.4, 0.5) is 0 Å². The predicted molar refractivity (Wildman–Crippen MR) is 55.7 cm³/mol. The average Bonchev–Trinajstić information content (AvgIpc) is 2.02. The molecule has 0 saturated heterocycles. The summed E-state index contributed by atoms with van der Waals surface area (Å²) < 4.78 is 0. The van der Waals surface area contributed by atoms with Crippen molar-refractivity contribution >= 4 is 0 Å². The van der Waals surface area contributed by atoms with E-state index in [-0.39, 0.29) is 0 Å². The van der Waals surface area contributed by atoms with Gasteiger partial charge in [-0.05, 0) is 45.1 Å². The van der Waals surface area contributed by atoms with E-state index in [1.165, 1.54) is 0 Å². The number of hydrogen-bond donors (Lipinski definition) is 2. The summed E-state index contributed by atoms with van der Waals surface area (Å²) in [7, 11) is 0. The van der Waals surface area contributed by atoms with E-state index in [1.54, 1.807) is 0 Å². The predicted octanol–water partition coefficient (Wildman–Crippen LogP) is 1.93. The third-order valence-corrected chi connectivity index (χ3v) is 2.88. The van der Waals surface area contributed by atoms with Crippen LogP contribution in [-0.2, 0) is 0 Å². The van der Waals surface area contributed by atoms with Crippen molar-refractivity contribution in [2.45, 2.75) is 58.1 Å². The summed E-state index contributed by atoms with van der Waals surface area (Å²) in [5, 5.41) is 13.3. The Kier molecular flexibility index (Phi) is 3.74. The lowest BCUT2D eigenvalue weighted by molar-refractivity contribution is 0.0139. The van der Waals surface area contributed by atoms with Gasteiger partial charge in [0.15, 0.2) is 0 Å². The number of hydrogen-bond acceptors (Lipinski definition) is 2. The number of nitrogens with one attached hydrogen (secondary N) is 1. The minimum atomic E-state index is -0.393. The fourth-order valence-electron chi connectivity index (χ4n) is 1.85. The number of aliphatic hydroxyl groups is 1. The normalized spacial score (nSPS) is 35.3. The van der Waals surface area contributed by atoms with Gasteiger partial charge < -0.3 is 10.4 Å². The van der Waals surface area contributed by atoms with Gasteiger partial charge in [0.2, 0.25) is 0 Å². The van der Waals surface area contributed by atoms with E-state index in [1.807, 2.05) is 6.92 Å². The van der Waals surface area contributed by atoms with Gasteiger partial charge >= 0.3 is 0 Å². The van der Waals surface area contributed by atoms with Gasteiger partial charge in [-0.2, -0.15) is 0 Å². The molecule has 2 nitrogen and oxygen atoms in total. The van der Waals surface area contributed by atoms with Gasteiger partial charge in [-0.1, -0.05) is 13.8 Å². The molecule has 13 heavy (non-hydrogen) atoms. The second kappa shape index (κ2) is 4.43. The van der Waals surface area contributed by atoms with Crippen LogP contribution in [0.1, 0.15) is 46.5 Å². The Morgan fingerprint density at radius 1 is 1.38 bits per heavy atom. The first kappa shape index (κ1) is 11.0. The molecule has 1 rings (SSSR count). The van der Waals surface area contributed by atoms with Gasteiger partial charge in [0.25, 0.3) is 0 Å². The van der Waals surface area contributed by atoms with E-state index in [9.17, 15) is 5.11 Å². The second-order valence-electron chi connectivity index (χ2n) is 5.07. The highest BCUT2D eigenvalue weighted by Crippen LogP contribution is 2.27. The Morgan fingerprint density at radius 3 is 2.38 bits per heavy atom. The van der Waals surface area contributed by atoms with Crippen molar-refractivity contribution in [3.05, 3.63) is 0 Å². The zero-order valence-electron chi connectivity index (χ0n) is 9.14. The molecule has 0 unspecified atom stereocenters. The molecule has 1 aliphatic carbocycles. The van der Waals surface area contributed by atoms with Gasteiger partial charge in [-0.15, -0.1) is 0 Å². The van der Waals surface area contributed by atoms with Crippen molar-refractivity contribution in [2.75, 3.05) is 6.54 Å². The summed E-state index contributed by atoms with van der Waals surface area (Å²) in [6.07, 6.45) is 4.14. The van der Waals surface area contributed by atoms with E-state index in [2.05, 4.69) is 19.2 Å². The smallest absolute Gasteiger partial charge is 0.0621 e. The minimum absolute atomic E-state index is 0.393. The third kappa shape index (κ3) is 4.10. The lowest BCUT2D eigenvalue weighted by atomic mass is 9.83. The molecule has 1 fully saturated rings. The molecule has 0 aromatic rings. The fraction of sp³-hybridized carbons (Fsp3) is 1.00. The zero-order chi connectivity index (χ0) is 9.90. The molecule has 78 valence electrons. The summed E-state index contributed by atoms with van der Waals surface area (Å²) in [5.41, 5.74) is -0.393. The van der Waals surface area contributed by atoms with Crippen LogP contribution in [0.5, 0.6) is 0 Å². The first-order valence-electron chi connectivity index (χ1n) is 5.45. The van der Waals surface area contributed by atoms with E-state index in [4.69, 9.17) is 0 Å². The monoisotopic (exact) mass is 185 g/mol. The molecule has 2 heteroatoms. The maximum Gasteiger partial charge on any atom is 0.0621 e. The van der Waals surface area contributed by atoms with Gasteiger partial charge in [-0.3, -0.25) is 0 Å². The molecular formula is C11H23NO. The molecule has 0 aromatic carbocycles. The zero-order valence-corrected chi connectivity index (χ0v) is 9.14. The van der Waals surface area contributed by atoms with E-state index in [0.717, 1.165) is 38.1 Å². The van der Waals surface area contributed by atoms with Crippen molar-refractivity contribution in [1.82, 2.24) is 5.32 Å². The Morgan fingerprint density at radius 2 is 1.92 bits per heavy atom. The van der Waals surface area contributed by atoms with Crippen molar-refractivity contribution in [1.29, 1.82) is 0 Å². The minimum Gasteiger partial charge on any atom is -0.390 e. The Bertz CT molecular complexity index is 141. The highest BCUT2D eigenvalue weighted by Gasteiger charge is 2.28. The van der Waals surface area contributed by atoms with Gasteiger partial charge in [-0.25, -0.2) is 0 Å². The number of rotatable bonds is 3. The Balaban J connectivity index is 2.18. The molecule has 1 saturated carbocycles. The third-order valence-electron chi connectivity index (χ3n) is 2.88. The SMILES string of the molecule is CC(C)CNC1CCC(C)(O)CC1. The van der Waals surface area contributed by atoms with Crippen LogP contribution in [0.3, 0.4) is 0 Å². The summed E-state index contributed by atoms with van der Waals surface area (Å²) in [5.74, 6) is 0.724. The largest absolute Gasteiger partial charge is 0.390 e. The first-order valence-corrected chi connectivity index (χ1v) is 5.45. The lowest BCUT2D eigenvalue weighted by Gasteiger charge is -2.33. The van der Waals surface area contributed by atoms with Crippen molar-refractivity contribution < 1.29 is 5.11 Å². The van der Waals surface area contributed by atoms with Crippen molar-refractivity contribution in [3.8, 4) is 0 Å². The van der Waals surface area contributed by atoms with E-state index < -0.39 is 5.60 Å². The van der Waals surface area contributed by atoms with Crippen LogP contribution in [0, 0.1) is 5.92 Å².